The van der Waals surface area contributed by atoms with Crippen LogP contribution in [0.15, 0.2) is 22.7 Å². The molecule has 0 aromatic heterocycles. The molecule has 0 saturated heterocycles. The number of halogens is 5. The minimum atomic E-state index is -4.68. The third-order valence-corrected chi connectivity index (χ3v) is 3.60. The van der Waals surface area contributed by atoms with Gasteiger partial charge in [0.05, 0.1) is 10.6 Å². The first-order valence-corrected chi connectivity index (χ1v) is 6.54. The van der Waals surface area contributed by atoms with Crippen molar-refractivity contribution in [3.8, 4) is 0 Å². The summed E-state index contributed by atoms with van der Waals surface area (Å²) in [7, 11) is 0. The molecular weight excluding hydrogens is 346 g/mol. The van der Waals surface area contributed by atoms with Crippen molar-refractivity contribution in [2.45, 2.75) is 25.3 Å². The summed E-state index contributed by atoms with van der Waals surface area (Å²) in [6.45, 7) is 0. The zero-order valence-electron chi connectivity index (χ0n) is 10.0. The van der Waals surface area contributed by atoms with Gasteiger partial charge in [-0.2, -0.15) is 0 Å². The highest BCUT2D eigenvalue weighted by Crippen LogP contribution is 2.35. The number of amides is 1. The standard InChI is InChI=1S/C12H10BrF4NO2/c13-9-2-1-7(5-10(9)14)18-11(19)6-3-8(4-6)20-12(15,16)17/h1-2,5-6,8H,3-4H2,(H,18,19). The highest BCUT2D eigenvalue weighted by molar-refractivity contribution is 9.10. The molecule has 110 valence electrons. The maximum absolute atomic E-state index is 13.2. The summed E-state index contributed by atoms with van der Waals surface area (Å²) in [6.07, 6.45) is -5.65. The summed E-state index contributed by atoms with van der Waals surface area (Å²) in [5.74, 6) is -1.52. The molecule has 1 aliphatic carbocycles. The van der Waals surface area contributed by atoms with Crippen molar-refractivity contribution >= 4 is 27.5 Å². The number of nitrogens with one attached hydrogen (secondary N) is 1. The molecule has 1 amide bonds. The highest BCUT2D eigenvalue weighted by atomic mass is 79.9. The number of anilines is 1. The molecule has 0 atom stereocenters. The van der Waals surface area contributed by atoms with Crippen LogP contribution in [0.1, 0.15) is 12.8 Å². The Kier molecular flexibility index (Phi) is 4.33. The van der Waals surface area contributed by atoms with Gasteiger partial charge in [0.15, 0.2) is 0 Å². The van der Waals surface area contributed by atoms with Gasteiger partial charge in [-0.25, -0.2) is 4.39 Å². The summed E-state index contributed by atoms with van der Waals surface area (Å²) >= 11 is 2.97. The molecule has 2 rings (SSSR count). The van der Waals surface area contributed by atoms with Crippen molar-refractivity contribution < 1.29 is 27.1 Å². The van der Waals surface area contributed by atoms with E-state index in [1.165, 1.54) is 12.1 Å². The molecule has 8 heteroatoms. The molecule has 0 spiro atoms. The van der Waals surface area contributed by atoms with Gasteiger partial charge in [0.25, 0.3) is 0 Å². The van der Waals surface area contributed by atoms with Crippen molar-refractivity contribution in [3.05, 3.63) is 28.5 Å². The minimum Gasteiger partial charge on any atom is -0.326 e. The summed E-state index contributed by atoms with van der Waals surface area (Å²) < 4.78 is 53.0. The van der Waals surface area contributed by atoms with Gasteiger partial charge in [-0.3, -0.25) is 9.53 Å². The molecule has 1 fully saturated rings. The number of hydrogen-bond acceptors (Lipinski definition) is 2. The van der Waals surface area contributed by atoms with E-state index in [4.69, 9.17) is 0 Å². The summed E-state index contributed by atoms with van der Waals surface area (Å²) in [4.78, 5) is 11.7. The second kappa shape index (κ2) is 5.69. The zero-order valence-corrected chi connectivity index (χ0v) is 11.6. The second-order valence-corrected chi connectivity index (χ2v) is 5.33. The number of carbonyl (C=O) groups excluding carboxylic acids is 1. The van der Waals surface area contributed by atoms with E-state index >= 15 is 0 Å². The van der Waals surface area contributed by atoms with Crippen molar-refractivity contribution in [3.63, 3.8) is 0 Å². The lowest BCUT2D eigenvalue weighted by atomic mass is 9.81. The predicted molar refractivity (Wildman–Crippen MR) is 66.4 cm³/mol. The van der Waals surface area contributed by atoms with Gasteiger partial charge in [0.1, 0.15) is 5.82 Å². The maximum Gasteiger partial charge on any atom is 0.522 e. The lowest BCUT2D eigenvalue weighted by Gasteiger charge is -2.34. The van der Waals surface area contributed by atoms with E-state index in [2.05, 4.69) is 26.0 Å². The van der Waals surface area contributed by atoms with E-state index in [-0.39, 0.29) is 23.0 Å². The van der Waals surface area contributed by atoms with Crippen LogP contribution in [-0.4, -0.2) is 18.4 Å². The van der Waals surface area contributed by atoms with Crippen LogP contribution in [0.3, 0.4) is 0 Å². The number of carbonyl (C=O) groups is 1. The first kappa shape index (κ1) is 15.2. The van der Waals surface area contributed by atoms with Gasteiger partial charge in [-0.15, -0.1) is 13.2 Å². The molecular formula is C12H10BrF4NO2. The average Bonchev–Trinajstić information content (AvgIpc) is 2.26. The average molecular weight is 356 g/mol. The summed E-state index contributed by atoms with van der Waals surface area (Å²) in [5, 5.41) is 2.46. The van der Waals surface area contributed by atoms with Crippen LogP contribution in [0.2, 0.25) is 0 Å². The molecule has 0 unspecified atom stereocenters. The topological polar surface area (TPSA) is 38.3 Å². The maximum atomic E-state index is 13.2. The number of hydrogen-bond donors (Lipinski definition) is 1. The van der Waals surface area contributed by atoms with Gasteiger partial charge in [-0.05, 0) is 47.0 Å². The number of ether oxygens (including phenoxy) is 1. The van der Waals surface area contributed by atoms with Crippen LogP contribution in [0.25, 0.3) is 0 Å². The molecule has 20 heavy (non-hydrogen) atoms. The van der Waals surface area contributed by atoms with Crippen molar-refractivity contribution in [2.75, 3.05) is 5.32 Å². The quantitative estimate of drug-likeness (QED) is 0.836. The lowest BCUT2D eigenvalue weighted by molar-refractivity contribution is -0.353. The van der Waals surface area contributed by atoms with E-state index in [0.717, 1.165) is 6.07 Å². The van der Waals surface area contributed by atoms with Crippen molar-refractivity contribution in [2.24, 2.45) is 5.92 Å². The monoisotopic (exact) mass is 355 g/mol. The molecule has 0 bridgehead atoms. The molecule has 0 heterocycles. The van der Waals surface area contributed by atoms with Crippen LogP contribution in [0.4, 0.5) is 23.2 Å². The smallest absolute Gasteiger partial charge is 0.326 e. The summed E-state index contributed by atoms with van der Waals surface area (Å²) in [6, 6.07) is 4.05. The van der Waals surface area contributed by atoms with Gasteiger partial charge in [0.2, 0.25) is 5.91 Å². The Hall–Kier alpha value is -1.15. The second-order valence-electron chi connectivity index (χ2n) is 4.47. The normalized spacial score (nSPS) is 22.2. The van der Waals surface area contributed by atoms with Gasteiger partial charge >= 0.3 is 6.36 Å². The largest absolute Gasteiger partial charge is 0.522 e. The highest BCUT2D eigenvalue weighted by Gasteiger charge is 2.42. The van der Waals surface area contributed by atoms with Crippen LogP contribution in [0, 0.1) is 11.7 Å². The van der Waals surface area contributed by atoms with E-state index in [1.807, 2.05) is 0 Å². The first-order valence-electron chi connectivity index (χ1n) is 5.75. The Balaban J connectivity index is 1.84. The third-order valence-electron chi connectivity index (χ3n) is 2.95. The molecule has 1 N–H and O–H groups in total. The minimum absolute atomic E-state index is 0.00432. The molecule has 1 aliphatic rings. The van der Waals surface area contributed by atoms with E-state index in [9.17, 15) is 22.4 Å². The number of rotatable bonds is 3. The Bertz CT molecular complexity index is 515. The SMILES string of the molecule is O=C(Nc1ccc(Br)c(F)c1)C1CC(OC(F)(F)F)C1. The molecule has 0 aliphatic heterocycles. The Labute approximate surface area is 120 Å². The number of benzene rings is 1. The van der Waals surface area contributed by atoms with Crippen LogP contribution in [0.5, 0.6) is 0 Å². The van der Waals surface area contributed by atoms with E-state index in [1.54, 1.807) is 0 Å². The Morgan fingerprint density at radius 2 is 2.00 bits per heavy atom. The lowest BCUT2D eigenvalue weighted by Crippen LogP contribution is -2.41. The van der Waals surface area contributed by atoms with Crippen LogP contribution in [-0.2, 0) is 9.53 Å². The predicted octanol–water partition coefficient (Wildman–Crippen LogP) is 3.84. The fraction of sp³-hybridized carbons (Fsp3) is 0.417. The van der Waals surface area contributed by atoms with E-state index in [0.29, 0.717) is 0 Å². The fourth-order valence-electron chi connectivity index (χ4n) is 1.88. The third kappa shape index (κ3) is 3.92. The van der Waals surface area contributed by atoms with E-state index < -0.39 is 30.1 Å². The fourth-order valence-corrected chi connectivity index (χ4v) is 2.13. The molecule has 1 aromatic carbocycles. The van der Waals surface area contributed by atoms with Crippen LogP contribution >= 0.6 is 15.9 Å². The zero-order chi connectivity index (χ0) is 14.9. The van der Waals surface area contributed by atoms with Crippen LogP contribution < -0.4 is 5.32 Å². The van der Waals surface area contributed by atoms with Gasteiger partial charge in [-0.1, -0.05) is 0 Å². The summed E-state index contributed by atoms with van der Waals surface area (Å²) in [5.41, 5.74) is 0.260. The van der Waals surface area contributed by atoms with Gasteiger partial charge in [0, 0.05) is 11.6 Å². The molecule has 1 aromatic rings. The molecule has 1 saturated carbocycles. The molecule has 3 nitrogen and oxygen atoms in total. The van der Waals surface area contributed by atoms with Crippen molar-refractivity contribution in [1.29, 1.82) is 0 Å². The first-order chi connectivity index (χ1) is 9.24. The Morgan fingerprint density at radius 3 is 2.55 bits per heavy atom. The van der Waals surface area contributed by atoms with Crippen molar-refractivity contribution in [1.82, 2.24) is 0 Å². The Morgan fingerprint density at radius 1 is 1.35 bits per heavy atom. The van der Waals surface area contributed by atoms with Gasteiger partial charge < -0.3 is 5.32 Å². The molecule has 0 radical (unpaired) electrons. The number of alkyl halides is 3.